The fourth-order valence-electron chi connectivity index (χ4n) is 10.2. The fraction of sp³-hybridized carbons (Fsp3) is 0.587. The Labute approximate surface area is 336 Å². The molecular formula is C46H60O11. The van der Waals surface area contributed by atoms with Crippen LogP contribution in [0, 0.1) is 22.7 Å². The van der Waals surface area contributed by atoms with Crippen LogP contribution in [-0.2, 0) is 53.0 Å². The molecule has 1 spiro atoms. The third kappa shape index (κ3) is 7.78. The summed E-state index contributed by atoms with van der Waals surface area (Å²) >= 11 is 0. The third-order valence-corrected chi connectivity index (χ3v) is 13.7. The van der Waals surface area contributed by atoms with Gasteiger partial charge in [0.25, 0.3) is 0 Å². The summed E-state index contributed by atoms with van der Waals surface area (Å²) < 4.78 is 50.7. The van der Waals surface area contributed by atoms with Gasteiger partial charge in [-0.1, -0.05) is 68.4 Å². The highest BCUT2D eigenvalue weighted by Crippen LogP contribution is 2.62. The normalized spacial score (nSPS) is 34.3. The number of benzene rings is 3. The van der Waals surface area contributed by atoms with Gasteiger partial charge in [-0.05, 0) is 81.0 Å². The Hall–Kier alpha value is -3.39. The van der Waals surface area contributed by atoms with E-state index in [2.05, 4.69) is 0 Å². The summed E-state index contributed by atoms with van der Waals surface area (Å²) in [5, 5.41) is 25.0. The second-order valence-electron chi connectivity index (χ2n) is 17.6. The number of carbonyl (C=O) groups is 1. The average Bonchev–Trinajstić information content (AvgIpc) is 3.67. The standard InChI is InChI=1S/C46H60O11/c1-42(2)35-21-22-46(42,49)37(47)23-36-44(5,41(48)40(35)54-27-32-15-19-34(51-7)20-16-32)38(55-29-52-25-30-11-9-8-10-12-30)24-39(45(36)28-56-43(3,4)57-45)53-26-31-13-17-33(50-6)18-14-31/h8-20,35-40,47,49H,21-29H2,1-7H3/t35?,36-,37-,38-,39+,40+,44-,45+,46?/m0/s1. The number of aliphatic hydroxyl groups excluding tert-OH is 1. The van der Waals surface area contributed by atoms with Gasteiger partial charge in [0, 0.05) is 23.7 Å². The largest absolute Gasteiger partial charge is 0.497 e. The first-order chi connectivity index (χ1) is 27.2. The molecule has 57 heavy (non-hydrogen) atoms. The van der Waals surface area contributed by atoms with Crippen LogP contribution >= 0.6 is 0 Å². The molecule has 3 aliphatic carbocycles. The molecule has 3 aromatic carbocycles. The van der Waals surface area contributed by atoms with Crippen molar-refractivity contribution in [3.05, 3.63) is 95.6 Å². The molecule has 0 aromatic heterocycles. The maximum Gasteiger partial charge on any atom is 0.170 e. The Morgan fingerprint density at radius 1 is 0.737 bits per heavy atom. The molecule has 4 aliphatic rings. The van der Waals surface area contributed by atoms with Crippen LogP contribution in [0.2, 0.25) is 0 Å². The van der Waals surface area contributed by atoms with Gasteiger partial charge in [0.2, 0.25) is 0 Å². The number of Topliss-reactive ketones (excluding diaryl/α,β-unsaturated/α-hetero) is 1. The molecule has 1 heterocycles. The SMILES string of the molecule is COc1ccc(CO[C@H]2C(=O)[C@]3(C)[C@@H](OCOCc4ccccc4)C[C@@H](OCc4ccc(OC)cc4)[C@@]4(COC(C)(C)O4)[C@H]3C[C@H](O)C3(O)CCC2C3(C)C)cc1. The molecule has 4 fully saturated rings. The summed E-state index contributed by atoms with van der Waals surface area (Å²) in [6, 6.07) is 25.1. The number of rotatable bonds is 13. The molecule has 2 N–H and O–H groups in total. The molecule has 1 saturated heterocycles. The molecule has 7 rings (SSSR count). The second kappa shape index (κ2) is 16.3. The Morgan fingerprint density at radius 2 is 1.33 bits per heavy atom. The molecule has 11 heteroatoms. The molecule has 310 valence electrons. The van der Waals surface area contributed by atoms with Gasteiger partial charge in [0.05, 0.1) is 70.0 Å². The monoisotopic (exact) mass is 788 g/mol. The van der Waals surface area contributed by atoms with Gasteiger partial charge in [0.1, 0.15) is 30.0 Å². The predicted octanol–water partition coefficient (Wildman–Crippen LogP) is 6.78. The van der Waals surface area contributed by atoms with Gasteiger partial charge >= 0.3 is 0 Å². The summed E-state index contributed by atoms with van der Waals surface area (Å²) in [4.78, 5) is 15.9. The zero-order chi connectivity index (χ0) is 40.6. The smallest absolute Gasteiger partial charge is 0.170 e. The van der Waals surface area contributed by atoms with Crippen LogP contribution in [-0.4, -0.2) is 85.0 Å². The minimum Gasteiger partial charge on any atom is -0.497 e. The van der Waals surface area contributed by atoms with E-state index in [0.29, 0.717) is 19.4 Å². The van der Waals surface area contributed by atoms with Crippen LogP contribution in [0.15, 0.2) is 78.9 Å². The minimum atomic E-state index is -1.52. The molecule has 3 saturated carbocycles. The van der Waals surface area contributed by atoms with Gasteiger partial charge in [-0.25, -0.2) is 0 Å². The van der Waals surface area contributed by atoms with Crippen molar-refractivity contribution in [2.24, 2.45) is 22.7 Å². The van der Waals surface area contributed by atoms with Crippen molar-refractivity contribution in [1.82, 2.24) is 0 Å². The van der Waals surface area contributed by atoms with E-state index in [1.165, 1.54) is 0 Å². The Balaban J connectivity index is 1.30. The van der Waals surface area contributed by atoms with Crippen molar-refractivity contribution in [3.63, 3.8) is 0 Å². The number of fused-ring (bicyclic) bond motifs is 4. The van der Waals surface area contributed by atoms with E-state index < -0.39 is 64.1 Å². The quantitative estimate of drug-likeness (QED) is 0.140. The summed E-state index contributed by atoms with van der Waals surface area (Å²) in [7, 11) is 3.25. The van der Waals surface area contributed by atoms with E-state index in [9.17, 15) is 10.2 Å². The predicted molar refractivity (Wildman–Crippen MR) is 211 cm³/mol. The molecule has 0 radical (unpaired) electrons. The van der Waals surface area contributed by atoms with E-state index in [4.69, 9.17) is 37.9 Å². The van der Waals surface area contributed by atoms with E-state index >= 15 is 4.79 Å². The van der Waals surface area contributed by atoms with Gasteiger partial charge in [-0.3, -0.25) is 4.79 Å². The van der Waals surface area contributed by atoms with Crippen LogP contribution in [0.25, 0.3) is 0 Å². The molecule has 1 aliphatic heterocycles. The number of carbonyl (C=O) groups excluding carboxylic acids is 1. The maximum atomic E-state index is 15.9. The second-order valence-corrected chi connectivity index (χ2v) is 17.6. The van der Waals surface area contributed by atoms with Crippen LogP contribution in [0.5, 0.6) is 11.5 Å². The lowest BCUT2D eigenvalue weighted by atomic mass is 9.53. The lowest BCUT2D eigenvalue weighted by Gasteiger charge is -2.58. The van der Waals surface area contributed by atoms with Crippen LogP contribution < -0.4 is 9.47 Å². The first-order valence-electron chi connectivity index (χ1n) is 20.2. The number of ketones is 1. The van der Waals surface area contributed by atoms with Crippen molar-refractivity contribution >= 4 is 5.78 Å². The molecule has 9 atom stereocenters. The topological polar surface area (TPSA) is 131 Å². The Morgan fingerprint density at radius 3 is 1.91 bits per heavy atom. The van der Waals surface area contributed by atoms with E-state index in [0.717, 1.165) is 28.2 Å². The molecule has 11 nitrogen and oxygen atoms in total. The lowest BCUT2D eigenvalue weighted by molar-refractivity contribution is -0.277. The van der Waals surface area contributed by atoms with Crippen LogP contribution in [0.3, 0.4) is 0 Å². The first-order valence-corrected chi connectivity index (χ1v) is 20.2. The molecule has 0 amide bonds. The third-order valence-electron chi connectivity index (χ3n) is 13.7. The van der Waals surface area contributed by atoms with Crippen molar-refractivity contribution in [3.8, 4) is 11.5 Å². The number of ether oxygens (including phenoxy) is 8. The number of methoxy groups -OCH3 is 2. The van der Waals surface area contributed by atoms with Crippen molar-refractivity contribution < 1.29 is 52.9 Å². The van der Waals surface area contributed by atoms with Gasteiger partial charge in [-0.15, -0.1) is 0 Å². The van der Waals surface area contributed by atoms with E-state index in [1.807, 2.05) is 113 Å². The highest BCUT2D eigenvalue weighted by molar-refractivity contribution is 5.90. The highest BCUT2D eigenvalue weighted by Gasteiger charge is 2.72. The number of aliphatic hydroxyl groups is 2. The van der Waals surface area contributed by atoms with Gasteiger partial charge in [-0.2, -0.15) is 0 Å². The van der Waals surface area contributed by atoms with Crippen molar-refractivity contribution in [1.29, 1.82) is 0 Å². The molecular weight excluding hydrogens is 728 g/mol. The van der Waals surface area contributed by atoms with Crippen molar-refractivity contribution in [2.45, 2.75) is 122 Å². The zero-order valence-corrected chi connectivity index (χ0v) is 34.4. The van der Waals surface area contributed by atoms with Gasteiger partial charge in [0.15, 0.2) is 11.6 Å². The summed E-state index contributed by atoms with van der Waals surface area (Å²) in [5.74, 6) is -0.886. The Bertz CT molecular complexity index is 1810. The average molecular weight is 789 g/mol. The maximum absolute atomic E-state index is 15.9. The molecule has 3 aromatic rings. The van der Waals surface area contributed by atoms with Crippen LogP contribution in [0.4, 0.5) is 0 Å². The fourth-order valence-corrected chi connectivity index (χ4v) is 10.2. The summed E-state index contributed by atoms with van der Waals surface area (Å²) in [5.41, 5.74) is -2.15. The first kappa shape index (κ1) is 41.8. The zero-order valence-electron chi connectivity index (χ0n) is 34.4. The number of hydrogen-bond acceptors (Lipinski definition) is 11. The number of hydrogen-bond donors (Lipinski definition) is 2. The summed E-state index contributed by atoms with van der Waals surface area (Å²) in [6.07, 6.45) is -2.45. The minimum absolute atomic E-state index is 0.0344. The molecule has 2 unspecified atom stereocenters. The van der Waals surface area contributed by atoms with Crippen molar-refractivity contribution in [2.75, 3.05) is 27.6 Å². The molecule has 2 bridgehead atoms. The van der Waals surface area contributed by atoms with E-state index in [-0.39, 0.29) is 45.2 Å². The Kier molecular flexibility index (Phi) is 12.0. The van der Waals surface area contributed by atoms with E-state index in [1.54, 1.807) is 14.2 Å². The van der Waals surface area contributed by atoms with Gasteiger partial charge < -0.3 is 48.1 Å². The lowest BCUT2D eigenvalue weighted by Crippen LogP contribution is -2.70. The van der Waals surface area contributed by atoms with Crippen LogP contribution in [0.1, 0.15) is 77.0 Å². The highest BCUT2D eigenvalue weighted by atomic mass is 16.8. The summed E-state index contributed by atoms with van der Waals surface area (Å²) in [6.45, 7) is 10.3.